The summed E-state index contributed by atoms with van der Waals surface area (Å²) >= 11 is 5.22. The Bertz CT molecular complexity index is 853. The Labute approximate surface area is 133 Å². The maximum atomic E-state index is 12.4. The first kappa shape index (κ1) is 15.0. The number of carbonyl (C=O) groups is 1. The largest absolute Gasteiger partial charge is 0.347 e. The van der Waals surface area contributed by atoms with Crippen LogP contribution in [0.15, 0.2) is 36.5 Å². The van der Waals surface area contributed by atoms with E-state index >= 15 is 0 Å². The summed E-state index contributed by atoms with van der Waals surface area (Å²) < 4.78 is 25.0. The molecule has 1 aliphatic rings. The lowest BCUT2D eigenvalue weighted by molar-refractivity contribution is 0.0934. The Morgan fingerprint density at radius 3 is 2.68 bits per heavy atom. The van der Waals surface area contributed by atoms with E-state index in [0.717, 1.165) is 5.69 Å². The summed E-state index contributed by atoms with van der Waals surface area (Å²) in [5, 5.41) is 2.77. The van der Waals surface area contributed by atoms with Gasteiger partial charge in [-0.3, -0.25) is 9.36 Å². The SMILES string of the molecule is O=C(NC1CCS(=O)(=O)C1)c1c[nH]c(=S)n1-c1ccccc1. The van der Waals surface area contributed by atoms with Gasteiger partial charge in [0.25, 0.3) is 5.91 Å². The van der Waals surface area contributed by atoms with E-state index in [1.54, 1.807) is 4.57 Å². The van der Waals surface area contributed by atoms with Gasteiger partial charge >= 0.3 is 0 Å². The van der Waals surface area contributed by atoms with E-state index in [4.69, 9.17) is 12.2 Å². The Morgan fingerprint density at radius 2 is 2.05 bits per heavy atom. The van der Waals surface area contributed by atoms with Crippen molar-refractivity contribution < 1.29 is 13.2 Å². The Kier molecular flexibility index (Phi) is 3.88. The van der Waals surface area contributed by atoms with Crippen LogP contribution in [0.1, 0.15) is 16.9 Å². The van der Waals surface area contributed by atoms with Crippen molar-refractivity contribution in [3.8, 4) is 5.69 Å². The van der Waals surface area contributed by atoms with Gasteiger partial charge in [-0.25, -0.2) is 8.42 Å². The van der Waals surface area contributed by atoms with E-state index in [1.165, 1.54) is 6.20 Å². The summed E-state index contributed by atoms with van der Waals surface area (Å²) in [5.41, 5.74) is 1.14. The van der Waals surface area contributed by atoms with Gasteiger partial charge in [-0.1, -0.05) is 18.2 Å². The topological polar surface area (TPSA) is 84.0 Å². The van der Waals surface area contributed by atoms with Crippen molar-refractivity contribution in [2.24, 2.45) is 0 Å². The van der Waals surface area contributed by atoms with Crippen molar-refractivity contribution in [1.82, 2.24) is 14.9 Å². The van der Waals surface area contributed by atoms with Crippen LogP contribution in [0.5, 0.6) is 0 Å². The quantitative estimate of drug-likeness (QED) is 0.831. The predicted molar refractivity (Wildman–Crippen MR) is 85.5 cm³/mol. The lowest BCUT2D eigenvalue weighted by Gasteiger charge is -2.12. The number of carbonyl (C=O) groups excluding carboxylic acids is 1. The maximum Gasteiger partial charge on any atom is 0.270 e. The van der Waals surface area contributed by atoms with E-state index in [1.807, 2.05) is 30.3 Å². The van der Waals surface area contributed by atoms with Crippen molar-refractivity contribution in [2.45, 2.75) is 12.5 Å². The van der Waals surface area contributed by atoms with Crippen molar-refractivity contribution in [2.75, 3.05) is 11.5 Å². The Morgan fingerprint density at radius 1 is 1.32 bits per heavy atom. The number of hydrogen-bond acceptors (Lipinski definition) is 4. The van der Waals surface area contributed by atoms with Crippen LogP contribution in [0.3, 0.4) is 0 Å². The van der Waals surface area contributed by atoms with Crippen LogP contribution in [-0.2, 0) is 9.84 Å². The predicted octanol–water partition coefficient (Wildman–Crippen LogP) is 1.45. The molecule has 0 aliphatic carbocycles. The zero-order valence-electron chi connectivity index (χ0n) is 11.7. The number of nitrogens with one attached hydrogen (secondary N) is 2. The molecule has 22 heavy (non-hydrogen) atoms. The lowest BCUT2D eigenvalue weighted by atomic mass is 10.2. The number of para-hydroxylation sites is 1. The highest BCUT2D eigenvalue weighted by molar-refractivity contribution is 7.91. The van der Waals surface area contributed by atoms with Crippen molar-refractivity contribution in [3.63, 3.8) is 0 Å². The zero-order valence-corrected chi connectivity index (χ0v) is 13.3. The highest BCUT2D eigenvalue weighted by Crippen LogP contribution is 2.15. The van der Waals surface area contributed by atoms with Crippen LogP contribution in [0.2, 0.25) is 0 Å². The molecule has 1 amide bonds. The molecule has 1 unspecified atom stereocenters. The Balaban J connectivity index is 1.87. The average Bonchev–Trinajstić information content (AvgIpc) is 3.02. The fourth-order valence-electron chi connectivity index (χ4n) is 2.54. The van der Waals surface area contributed by atoms with Gasteiger partial charge in [-0.15, -0.1) is 0 Å². The van der Waals surface area contributed by atoms with Gasteiger partial charge < -0.3 is 10.3 Å². The van der Waals surface area contributed by atoms with Crippen LogP contribution < -0.4 is 5.32 Å². The Hall–Kier alpha value is -1.93. The van der Waals surface area contributed by atoms with Crippen LogP contribution in [-0.4, -0.2) is 41.4 Å². The molecule has 1 aromatic carbocycles. The molecule has 0 spiro atoms. The first-order valence-corrected chi connectivity index (χ1v) is 9.06. The van der Waals surface area contributed by atoms with E-state index in [9.17, 15) is 13.2 Å². The minimum atomic E-state index is -3.03. The molecule has 8 heteroatoms. The van der Waals surface area contributed by atoms with Crippen molar-refractivity contribution in [3.05, 3.63) is 47.0 Å². The highest BCUT2D eigenvalue weighted by atomic mass is 32.2. The standard InChI is InChI=1S/C14H15N3O3S2/c18-13(16-10-6-7-22(19,20)9-10)12-8-15-14(21)17(12)11-4-2-1-3-5-11/h1-5,8,10H,6-7,9H2,(H,15,21)(H,16,18). The van der Waals surface area contributed by atoms with E-state index in [0.29, 0.717) is 16.9 Å². The lowest BCUT2D eigenvalue weighted by Crippen LogP contribution is -2.36. The molecule has 3 rings (SSSR count). The van der Waals surface area contributed by atoms with Gasteiger partial charge in [-0.05, 0) is 30.8 Å². The van der Waals surface area contributed by atoms with Crippen LogP contribution >= 0.6 is 12.2 Å². The molecular formula is C14H15N3O3S2. The molecule has 2 aromatic rings. The fraction of sp³-hybridized carbons (Fsp3) is 0.286. The number of amides is 1. The monoisotopic (exact) mass is 337 g/mol. The van der Waals surface area contributed by atoms with Gasteiger partial charge in [0.05, 0.1) is 11.5 Å². The number of aromatic nitrogens is 2. The van der Waals surface area contributed by atoms with Crippen LogP contribution in [0.4, 0.5) is 0 Å². The molecule has 1 fully saturated rings. The molecule has 6 nitrogen and oxygen atoms in total. The average molecular weight is 337 g/mol. The molecule has 116 valence electrons. The van der Waals surface area contributed by atoms with Crippen molar-refractivity contribution in [1.29, 1.82) is 0 Å². The summed E-state index contributed by atoms with van der Waals surface area (Å²) in [6, 6.07) is 8.94. The van der Waals surface area contributed by atoms with Gasteiger partial charge in [0.2, 0.25) is 0 Å². The number of nitrogens with zero attached hydrogens (tertiary/aromatic N) is 1. The van der Waals surface area contributed by atoms with Gasteiger partial charge in [0.1, 0.15) is 5.69 Å². The summed E-state index contributed by atoms with van der Waals surface area (Å²) in [6.45, 7) is 0. The number of sulfone groups is 1. The first-order valence-electron chi connectivity index (χ1n) is 6.83. The number of aromatic amines is 1. The molecule has 2 N–H and O–H groups in total. The van der Waals surface area contributed by atoms with E-state index < -0.39 is 9.84 Å². The first-order chi connectivity index (χ1) is 10.5. The summed E-state index contributed by atoms with van der Waals surface area (Å²) in [4.78, 5) is 15.3. The maximum absolute atomic E-state index is 12.4. The molecule has 0 bridgehead atoms. The van der Waals surface area contributed by atoms with E-state index in [-0.39, 0.29) is 23.5 Å². The normalized spacial score (nSPS) is 19.9. The smallest absolute Gasteiger partial charge is 0.270 e. The molecule has 1 saturated heterocycles. The number of hydrogen-bond donors (Lipinski definition) is 2. The van der Waals surface area contributed by atoms with Crippen LogP contribution in [0, 0.1) is 4.77 Å². The molecule has 0 radical (unpaired) electrons. The van der Waals surface area contributed by atoms with Gasteiger partial charge in [-0.2, -0.15) is 0 Å². The highest BCUT2D eigenvalue weighted by Gasteiger charge is 2.29. The third-order valence-corrected chi connectivity index (χ3v) is 5.66. The summed E-state index contributed by atoms with van der Waals surface area (Å²) in [7, 11) is -3.03. The van der Waals surface area contributed by atoms with Gasteiger partial charge in [0, 0.05) is 17.9 Å². The minimum absolute atomic E-state index is 0.00473. The number of rotatable bonds is 3. The second kappa shape index (κ2) is 5.69. The summed E-state index contributed by atoms with van der Waals surface area (Å²) in [6.07, 6.45) is 1.98. The van der Waals surface area contributed by atoms with Crippen molar-refractivity contribution >= 4 is 28.0 Å². The number of imidazole rings is 1. The number of benzene rings is 1. The van der Waals surface area contributed by atoms with Gasteiger partial charge in [0.15, 0.2) is 14.6 Å². The molecule has 1 atom stereocenters. The van der Waals surface area contributed by atoms with E-state index in [2.05, 4.69) is 10.3 Å². The minimum Gasteiger partial charge on any atom is -0.347 e. The molecule has 0 saturated carbocycles. The number of H-pyrrole nitrogens is 1. The fourth-order valence-corrected chi connectivity index (χ4v) is 4.47. The molecule has 1 aliphatic heterocycles. The third kappa shape index (κ3) is 2.97. The molecule has 2 heterocycles. The summed E-state index contributed by atoms with van der Waals surface area (Å²) in [5.74, 6) is -0.219. The zero-order chi connectivity index (χ0) is 15.7. The second-order valence-corrected chi connectivity index (χ2v) is 7.84. The van der Waals surface area contributed by atoms with Crippen LogP contribution in [0.25, 0.3) is 5.69 Å². The molecular weight excluding hydrogens is 322 g/mol. The third-order valence-electron chi connectivity index (χ3n) is 3.59. The second-order valence-electron chi connectivity index (χ2n) is 5.22. The molecule has 1 aromatic heterocycles.